The van der Waals surface area contributed by atoms with Gasteiger partial charge in [-0.05, 0) is 42.3 Å². The number of benzene rings is 2. The van der Waals surface area contributed by atoms with Gasteiger partial charge in [0.25, 0.3) is 5.56 Å². The molecule has 0 fully saturated rings. The normalized spacial score (nSPS) is 10.9. The average Bonchev–Trinajstić information content (AvgIpc) is 3.40. The molecule has 8 nitrogen and oxygen atoms in total. The molecule has 0 bridgehead atoms. The molecular formula is C26H28N4O4. The van der Waals surface area contributed by atoms with Crippen LogP contribution in [-0.2, 0) is 12.8 Å². The van der Waals surface area contributed by atoms with Crippen molar-refractivity contribution in [2.24, 2.45) is 0 Å². The number of hydrogen-bond acceptors (Lipinski definition) is 6. The smallest absolute Gasteiger partial charge is 0.265 e. The van der Waals surface area contributed by atoms with Crippen molar-refractivity contribution in [2.75, 3.05) is 14.2 Å². The summed E-state index contributed by atoms with van der Waals surface area (Å²) in [5.74, 6) is 1.18. The van der Waals surface area contributed by atoms with Gasteiger partial charge in [0.2, 0.25) is 5.88 Å². The van der Waals surface area contributed by atoms with E-state index in [1.165, 1.54) is 4.57 Å². The molecule has 4 rings (SSSR count). The second-order valence-corrected chi connectivity index (χ2v) is 7.88. The van der Waals surface area contributed by atoms with Crippen LogP contribution in [0.25, 0.3) is 11.4 Å². The number of aromatic nitrogens is 4. The van der Waals surface area contributed by atoms with Crippen molar-refractivity contribution >= 4 is 0 Å². The number of unbranched alkanes of at least 4 members (excludes halogenated alkanes) is 1. The second kappa shape index (κ2) is 10.2. The first-order chi connectivity index (χ1) is 16.6. The number of aryl methyl sites for hydroxylation is 1. The fourth-order valence-corrected chi connectivity index (χ4v) is 3.92. The van der Waals surface area contributed by atoms with Gasteiger partial charge in [-0.1, -0.05) is 31.5 Å². The van der Waals surface area contributed by atoms with E-state index in [1.807, 2.05) is 36.5 Å². The van der Waals surface area contributed by atoms with Crippen LogP contribution in [0.3, 0.4) is 0 Å². The zero-order valence-electron chi connectivity index (χ0n) is 19.6. The summed E-state index contributed by atoms with van der Waals surface area (Å²) in [5.41, 5.74) is 2.11. The molecule has 4 aromatic rings. The third-order valence-electron chi connectivity index (χ3n) is 5.69. The van der Waals surface area contributed by atoms with Crippen LogP contribution in [0.4, 0.5) is 0 Å². The van der Waals surface area contributed by atoms with E-state index >= 15 is 0 Å². The Morgan fingerprint density at radius 1 is 1.00 bits per heavy atom. The van der Waals surface area contributed by atoms with Crippen LogP contribution in [0.1, 0.15) is 36.7 Å². The summed E-state index contributed by atoms with van der Waals surface area (Å²) in [7, 11) is 3.09. The minimum atomic E-state index is -0.349. The van der Waals surface area contributed by atoms with Gasteiger partial charge in [-0.25, -0.2) is 4.68 Å². The van der Waals surface area contributed by atoms with E-state index in [0.717, 1.165) is 24.1 Å². The van der Waals surface area contributed by atoms with Gasteiger partial charge in [-0.15, -0.1) is 0 Å². The Labute approximate surface area is 198 Å². The van der Waals surface area contributed by atoms with Crippen molar-refractivity contribution in [3.8, 4) is 28.8 Å². The van der Waals surface area contributed by atoms with Crippen LogP contribution in [0.2, 0.25) is 0 Å². The zero-order valence-corrected chi connectivity index (χ0v) is 19.6. The van der Waals surface area contributed by atoms with Crippen molar-refractivity contribution in [1.29, 1.82) is 0 Å². The molecule has 176 valence electrons. The maximum Gasteiger partial charge on any atom is 0.265 e. The summed E-state index contributed by atoms with van der Waals surface area (Å²) < 4.78 is 14.4. The number of methoxy groups -OCH3 is 2. The third-order valence-corrected chi connectivity index (χ3v) is 5.69. The van der Waals surface area contributed by atoms with E-state index in [0.29, 0.717) is 29.4 Å². The maximum atomic E-state index is 13.8. The molecule has 0 saturated heterocycles. The van der Waals surface area contributed by atoms with Gasteiger partial charge in [-0.3, -0.25) is 9.36 Å². The van der Waals surface area contributed by atoms with Gasteiger partial charge in [0.1, 0.15) is 23.0 Å². The van der Waals surface area contributed by atoms with Crippen molar-refractivity contribution < 1.29 is 14.6 Å². The number of rotatable bonds is 9. The molecule has 0 unspecified atom stereocenters. The fraction of sp³-hybridized carbons (Fsp3) is 0.269. The quantitative estimate of drug-likeness (QED) is 0.405. The van der Waals surface area contributed by atoms with Gasteiger partial charge in [-0.2, -0.15) is 10.1 Å². The summed E-state index contributed by atoms with van der Waals surface area (Å²) in [5, 5.41) is 15.0. The highest BCUT2D eigenvalue weighted by molar-refractivity contribution is 5.58. The molecule has 0 amide bonds. The van der Waals surface area contributed by atoms with Crippen LogP contribution in [0.5, 0.6) is 17.4 Å². The minimum absolute atomic E-state index is 0.208. The van der Waals surface area contributed by atoms with Crippen molar-refractivity contribution in [3.05, 3.63) is 88.2 Å². The van der Waals surface area contributed by atoms with E-state index in [9.17, 15) is 9.90 Å². The molecule has 2 aromatic heterocycles. The van der Waals surface area contributed by atoms with Gasteiger partial charge in [0.15, 0.2) is 0 Å². The largest absolute Gasteiger partial charge is 0.494 e. The van der Waals surface area contributed by atoms with Crippen LogP contribution in [0.15, 0.2) is 65.7 Å². The lowest BCUT2D eigenvalue weighted by molar-refractivity contribution is 0.387. The molecule has 2 heterocycles. The predicted octanol–water partition coefficient (Wildman–Crippen LogP) is 4.07. The first-order valence-corrected chi connectivity index (χ1v) is 11.2. The molecule has 0 spiro atoms. The van der Waals surface area contributed by atoms with Crippen LogP contribution >= 0.6 is 0 Å². The van der Waals surface area contributed by atoms with Crippen LogP contribution in [-0.4, -0.2) is 38.7 Å². The van der Waals surface area contributed by atoms with Crippen molar-refractivity contribution in [3.63, 3.8) is 0 Å². The van der Waals surface area contributed by atoms with Gasteiger partial charge < -0.3 is 14.6 Å². The number of aromatic hydroxyl groups is 1. The molecule has 0 aliphatic heterocycles. The Kier molecular flexibility index (Phi) is 6.96. The van der Waals surface area contributed by atoms with E-state index in [-0.39, 0.29) is 23.4 Å². The summed E-state index contributed by atoms with van der Waals surface area (Å²) in [6.45, 7) is 2.06. The van der Waals surface area contributed by atoms with Crippen LogP contribution in [0, 0.1) is 0 Å². The summed E-state index contributed by atoms with van der Waals surface area (Å²) in [6, 6.07) is 14.9. The standard InChI is InChI=1S/C26H28N4O4/c1-4-5-10-23-28-25(31)20(17-18-11-13-19(14-12-18)29-16-7-15-27-29)26(32)30(23)24-21(33-2)8-6-9-22(24)34-3/h6-9,11-16,31H,4-5,10,17H2,1-3H3. The SMILES string of the molecule is CCCCc1nc(O)c(Cc2ccc(-n3cccn3)cc2)c(=O)n1-c1c(OC)cccc1OC. The Morgan fingerprint density at radius 2 is 1.71 bits per heavy atom. The van der Waals surface area contributed by atoms with E-state index in [4.69, 9.17) is 9.47 Å². The lowest BCUT2D eigenvalue weighted by Crippen LogP contribution is -2.28. The lowest BCUT2D eigenvalue weighted by Gasteiger charge is -2.19. The summed E-state index contributed by atoms with van der Waals surface area (Å²) in [6.07, 6.45) is 6.06. The highest BCUT2D eigenvalue weighted by atomic mass is 16.5. The third kappa shape index (κ3) is 4.52. The Hall–Kier alpha value is -4.07. The molecule has 0 aliphatic rings. The Morgan fingerprint density at radius 3 is 2.29 bits per heavy atom. The zero-order chi connectivity index (χ0) is 24.1. The molecule has 0 atom stereocenters. The first kappa shape index (κ1) is 23.1. The van der Waals surface area contributed by atoms with Crippen LogP contribution < -0.4 is 15.0 Å². The maximum absolute atomic E-state index is 13.8. The highest BCUT2D eigenvalue weighted by Gasteiger charge is 2.22. The predicted molar refractivity (Wildman–Crippen MR) is 130 cm³/mol. The molecule has 0 aliphatic carbocycles. The van der Waals surface area contributed by atoms with Crippen molar-refractivity contribution in [1.82, 2.24) is 19.3 Å². The number of hydrogen-bond donors (Lipinski definition) is 1. The highest BCUT2D eigenvalue weighted by Crippen LogP contribution is 2.33. The molecule has 2 aromatic carbocycles. The lowest BCUT2D eigenvalue weighted by atomic mass is 10.1. The molecule has 1 N–H and O–H groups in total. The van der Waals surface area contributed by atoms with E-state index in [1.54, 1.807) is 43.3 Å². The Bertz CT molecular complexity index is 1290. The van der Waals surface area contributed by atoms with Gasteiger partial charge in [0.05, 0.1) is 25.5 Å². The summed E-state index contributed by atoms with van der Waals surface area (Å²) >= 11 is 0. The minimum Gasteiger partial charge on any atom is -0.494 e. The second-order valence-electron chi connectivity index (χ2n) is 7.88. The van der Waals surface area contributed by atoms with Crippen molar-refractivity contribution in [2.45, 2.75) is 32.6 Å². The van der Waals surface area contributed by atoms with E-state index < -0.39 is 0 Å². The number of ether oxygens (including phenoxy) is 2. The van der Waals surface area contributed by atoms with E-state index in [2.05, 4.69) is 17.0 Å². The molecule has 0 radical (unpaired) electrons. The van der Waals surface area contributed by atoms with Gasteiger partial charge >= 0.3 is 0 Å². The molecule has 0 saturated carbocycles. The topological polar surface area (TPSA) is 91.4 Å². The monoisotopic (exact) mass is 460 g/mol. The molecule has 34 heavy (non-hydrogen) atoms. The molecular weight excluding hydrogens is 432 g/mol. The number of para-hydroxylation sites is 1. The fourth-order valence-electron chi connectivity index (χ4n) is 3.92. The average molecular weight is 461 g/mol. The number of nitrogens with zero attached hydrogens (tertiary/aromatic N) is 4. The molecule has 8 heteroatoms. The van der Waals surface area contributed by atoms with Gasteiger partial charge in [0, 0.05) is 25.2 Å². The Balaban J connectivity index is 1.82. The first-order valence-electron chi connectivity index (χ1n) is 11.2. The summed E-state index contributed by atoms with van der Waals surface area (Å²) in [4.78, 5) is 18.3.